The Bertz CT molecular complexity index is 410. The molecule has 0 fully saturated rings. The van der Waals surface area contributed by atoms with Gasteiger partial charge in [-0.2, -0.15) is 0 Å². The summed E-state index contributed by atoms with van der Waals surface area (Å²) in [6.45, 7) is 0. The maximum absolute atomic E-state index is 11.0. The van der Waals surface area contributed by atoms with Crippen LogP contribution in [0.2, 0.25) is 0 Å². The minimum atomic E-state index is -1.08. The number of aromatic carboxylic acids is 1. The lowest BCUT2D eigenvalue weighted by Crippen LogP contribution is -2.24. The number of hydrogen-bond donors (Lipinski definition) is 2. The van der Waals surface area contributed by atoms with Gasteiger partial charge in [0.15, 0.2) is 0 Å². The van der Waals surface area contributed by atoms with Crippen LogP contribution in [0.1, 0.15) is 21.7 Å². The van der Waals surface area contributed by atoms with Crippen LogP contribution in [0.15, 0.2) is 6.07 Å². The minimum Gasteiger partial charge on any atom is -0.477 e. The van der Waals surface area contributed by atoms with Crippen molar-refractivity contribution in [2.45, 2.75) is 12.8 Å². The average Bonchev–Trinajstić information content (AvgIpc) is 2.48. The van der Waals surface area contributed by atoms with Crippen LogP contribution in [0, 0.1) is 0 Å². The normalized spacial score (nSPS) is 15.4. The van der Waals surface area contributed by atoms with Crippen molar-refractivity contribution in [3.8, 4) is 0 Å². The molecule has 5 heteroatoms. The highest BCUT2D eigenvalue weighted by molar-refractivity contribution is 6.39. The van der Waals surface area contributed by atoms with E-state index in [1.807, 2.05) is 0 Å². The molecule has 0 atom stereocenters. The molecule has 72 valence electrons. The molecule has 0 bridgehead atoms. The monoisotopic (exact) mass is 193 g/mol. The molecule has 1 aliphatic rings. The van der Waals surface area contributed by atoms with Crippen LogP contribution < -0.4 is 0 Å². The van der Waals surface area contributed by atoms with Crippen molar-refractivity contribution in [3.63, 3.8) is 0 Å². The van der Waals surface area contributed by atoms with Gasteiger partial charge in [0.25, 0.3) is 0 Å². The highest BCUT2D eigenvalue weighted by Crippen LogP contribution is 2.18. The van der Waals surface area contributed by atoms with Gasteiger partial charge in [-0.3, -0.25) is 9.59 Å². The molecule has 0 radical (unpaired) electrons. The predicted octanol–water partition coefficient (Wildman–Crippen LogP) is -0.0503. The molecule has 0 spiro atoms. The summed E-state index contributed by atoms with van der Waals surface area (Å²) in [6.07, 6.45) is -0.000602. The summed E-state index contributed by atoms with van der Waals surface area (Å²) in [4.78, 5) is 35.2. The van der Waals surface area contributed by atoms with Gasteiger partial charge in [-0.1, -0.05) is 0 Å². The number of aromatic nitrogens is 1. The topological polar surface area (TPSA) is 87.2 Å². The molecule has 1 aromatic rings. The lowest BCUT2D eigenvalue weighted by Gasteiger charge is -2.07. The number of rotatable bonds is 1. The van der Waals surface area contributed by atoms with E-state index in [0.29, 0.717) is 11.3 Å². The van der Waals surface area contributed by atoms with E-state index in [9.17, 15) is 14.4 Å². The van der Waals surface area contributed by atoms with Gasteiger partial charge in [0.2, 0.25) is 11.6 Å². The van der Waals surface area contributed by atoms with Gasteiger partial charge in [0.1, 0.15) is 5.69 Å². The summed E-state index contributed by atoms with van der Waals surface area (Å²) in [6, 6.07) is 1.40. The zero-order chi connectivity index (χ0) is 10.3. The van der Waals surface area contributed by atoms with Crippen LogP contribution in [-0.2, 0) is 22.4 Å². The second-order valence-corrected chi connectivity index (χ2v) is 3.19. The van der Waals surface area contributed by atoms with Crippen molar-refractivity contribution in [1.29, 1.82) is 0 Å². The molecule has 0 saturated heterocycles. The van der Waals surface area contributed by atoms with Crippen molar-refractivity contribution < 1.29 is 19.5 Å². The second kappa shape index (κ2) is 2.80. The molecule has 2 N–H and O–H groups in total. The van der Waals surface area contributed by atoms with Crippen molar-refractivity contribution >= 4 is 17.5 Å². The minimum absolute atomic E-state index is 0.0119. The molecule has 1 aromatic heterocycles. The summed E-state index contributed by atoms with van der Waals surface area (Å²) in [5.41, 5.74) is 1.19. The van der Waals surface area contributed by atoms with Gasteiger partial charge in [0, 0.05) is 12.1 Å². The van der Waals surface area contributed by atoms with Crippen molar-refractivity contribution in [2.24, 2.45) is 0 Å². The van der Waals surface area contributed by atoms with Crippen LogP contribution in [0.4, 0.5) is 0 Å². The molecule has 0 aromatic carbocycles. The third-order valence-corrected chi connectivity index (χ3v) is 2.22. The highest BCUT2D eigenvalue weighted by atomic mass is 16.4. The van der Waals surface area contributed by atoms with Gasteiger partial charge >= 0.3 is 5.97 Å². The first-order valence-corrected chi connectivity index (χ1v) is 4.08. The number of carbonyl (C=O) groups is 3. The first-order valence-electron chi connectivity index (χ1n) is 4.08. The van der Waals surface area contributed by atoms with Gasteiger partial charge in [-0.05, 0) is 11.6 Å². The van der Waals surface area contributed by atoms with Gasteiger partial charge < -0.3 is 10.1 Å². The molecule has 1 heterocycles. The summed E-state index contributed by atoms with van der Waals surface area (Å²) >= 11 is 0. The Hall–Kier alpha value is -1.91. The van der Waals surface area contributed by atoms with Gasteiger partial charge in [-0.25, -0.2) is 4.79 Å². The third kappa shape index (κ3) is 1.22. The third-order valence-electron chi connectivity index (χ3n) is 2.22. The molecule has 0 saturated carbocycles. The number of carbonyl (C=O) groups excluding carboxylic acids is 2. The predicted molar refractivity (Wildman–Crippen MR) is 45.2 cm³/mol. The number of H-pyrrole nitrogens is 1. The number of carboxylic acid groups (broad SMARTS) is 1. The van der Waals surface area contributed by atoms with E-state index < -0.39 is 17.5 Å². The number of ketones is 2. The molecule has 0 unspecified atom stereocenters. The number of Topliss-reactive ketones (excluding diaryl/α,β-unsaturated/α-hetero) is 2. The fraction of sp³-hybridized carbons (Fsp3) is 0.222. The highest BCUT2D eigenvalue weighted by Gasteiger charge is 2.26. The maximum Gasteiger partial charge on any atom is 0.352 e. The number of nitrogens with one attached hydrogen (secondary N) is 1. The second-order valence-electron chi connectivity index (χ2n) is 3.19. The van der Waals surface area contributed by atoms with Crippen LogP contribution in [0.25, 0.3) is 0 Å². The Morgan fingerprint density at radius 1 is 1.29 bits per heavy atom. The van der Waals surface area contributed by atoms with E-state index in [0.717, 1.165) is 0 Å². The Kier molecular flexibility index (Phi) is 1.73. The quantitative estimate of drug-likeness (QED) is 0.612. The Morgan fingerprint density at radius 2 is 1.93 bits per heavy atom. The summed E-state index contributed by atoms with van der Waals surface area (Å²) in [5, 5.41) is 8.66. The summed E-state index contributed by atoms with van der Waals surface area (Å²) < 4.78 is 0. The van der Waals surface area contributed by atoms with Crippen molar-refractivity contribution in [1.82, 2.24) is 4.98 Å². The van der Waals surface area contributed by atoms with Crippen LogP contribution in [0.5, 0.6) is 0 Å². The van der Waals surface area contributed by atoms with Crippen LogP contribution >= 0.6 is 0 Å². The molecule has 0 amide bonds. The fourth-order valence-electron chi connectivity index (χ4n) is 1.50. The van der Waals surface area contributed by atoms with E-state index >= 15 is 0 Å². The van der Waals surface area contributed by atoms with Crippen molar-refractivity contribution in [3.05, 3.63) is 23.0 Å². The molecule has 2 rings (SSSR count). The smallest absolute Gasteiger partial charge is 0.352 e. The number of fused-ring (bicyclic) bond motifs is 1. The lowest BCUT2D eigenvalue weighted by molar-refractivity contribution is -0.136. The van der Waals surface area contributed by atoms with E-state index in [2.05, 4.69) is 4.98 Å². The number of hydrogen-bond acceptors (Lipinski definition) is 3. The van der Waals surface area contributed by atoms with E-state index in [1.165, 1.54) is 6.07 Å². The molecular weight excluding hydrogens is 186 g/mol. The average molecular weight is 193 g/mol. The first kappa shape index (κ1) is 8.68. The molecule has 0 aliphatic heterocycles. The molecule has 5 nitrogen and oxygen atoms in total. The molecule has 1 aliphatic carbocycles. The lowest BCUT2D eigenvalue weighted by atomic mass is 9.96. The zero-order valence-electron chi connectivity index (χ0n) is 7.16. The van der Waals surface area contributed by atoms with Gasteiger partial charge in [0.05, 0.1) is 6.42 Å². The van der Waals surface area contributed by atoms with E-state index in [4.69, 9.17) is 5.11 Å². The van der Waals surface area contributed by atoms with E-state index in [-0.39, 0.29) is 18.5 Å². The fourth-order valence-corrected chi connectivity index (χ4v) is 1.50. The van der Waals surface area contributed by atoms with E-state index in [1.54, 1.807) is 0 Å². The zero-order valence-corrected chi connectivity index (χ0v) is 7.16. The van der Waals surface area contributed by atoms with Crippen LogP contribution in [0.3, 0.4) is 0 Å². The molecule has 14 heavy (non-hydrogen) atoms. The Balaban J connectivity index is 2.43. The molecular formula is C9H7NO4. The Labute approximate surface area is 78.7 Å². The maximum atomic E-state index is 11.0. The SMILES string of the molecule is O=C1Cc2cc(C(=O)O)[nH]c2CC1=O. The first-order chi connectivity index (χ1) is 6.58. The van der Waals surface area contributed by atoms with Crippen molar-refractivity contribution in [2.75, 3.05) is 0 Å². The summed E-state index contributed by atoms with van der Waals surface area (Å²) in [5.74, 6) is -2.00. The summed E-state index contributed by atoms with van der Waals surface area (Å²) in [7, 11) is 0. The van der Waals surface area contributed by atoms with Crippen LogP contribution in [-0.4, -0.2) is 27.6 Å². The van der Waals surface area contributed by atoms with Gasteiger partial charge in [-0.15, -0.1) is 0 Å². The standard InChI is InChI=1S/C9H7NO4/c11-7-2-4-1-6(9(13)14)10-5(4)3-8(7)12/h1,10H,2-3H2,(H,13,14). The number of carboxylic acids is 1. The largest absolute Gasteiger partial charge is 0.477 e. The Morgan fingerprint density at radius 3 is 2.57 bits per heavy atom. The number of aromatic amines is 1.